The van der Waals surface area contributed by atoms with E-state index >= 15 is 0 Å². The highest BCUT2D eigenvalue weighted by atomic mass is 16.5. The van der Waals surface area contributed by atoms with Crippen LogP contribution in [0.15, 0.2) is 53.1 Å². The molecule has 0 spiro atoms. The highest BCUT2D eigenvalue weighted by Gasteiger charge is 2.19. The third-order valence-electron chi connectivity index (χ3n) is 6.17. The summed E-state index contributed by atoms with van der Waals surface area (Å²) in [6.07, 6.45) is 5.08. The topological polar surface area (TPSA) is 80.9 Å². The van der Waals surface area contributed by atoms with Crippen molar-refractivity contribution in [1.29, 1.82) is 0 Å². The molecule has 8 heteroatoms. The smallest absolute Gasteiger partial charge is 0.246 e. The first-order valence-electron chi connectivity index (χ1n) is 11.9. The molecule has 0 saturated carbocycles. The van der Waals surface area contributed by atoms with Gasteiger partial charge in [-0.3, -0.25) is 9.69 Å². The second kappa shape index (κ2) is 11.7. The van der Waals surface area contributed by atoms with E-state index in [9.17, 15) is 4.79 Å². The molecule has 2 heterocycles. The Bertz CT molecular complexity index is 1150. The molecule has 184 valence electrons. The van der Waals surface area contributed by atoms with Crippen molar-refractivity contribution in [3.05, 3.63) is 65.6 Å². The fourth-order valence-electron chi connectivity index (χ4n) is 4.04. The lowest BCUT2D eigenvalue weighted by molar-refractivity contribution is -0.127. The van der Waals surface area contributed by atoms with Gasteiger partial charge in [0.1, 0.15) is 11.5 Å². The molecule has 0 radical (unpaired) electrons. The van der Waals surface area contributed by atoms with Crippen LogP contribution in [0.1, 0.15) is 23.4 Å². The molecule has 4 rings (SSSR count). The average Bonchev–Trinajstić information content (AvgIpc) is 3.37. The third-order valence-corrected chi connectivity index (χ3v) is 6.17. The molecular weight excluding hydrogens is 444 g/mol. The molecule has 8 nitrogen and oxygen atoms in total. The summed E-state index contributed by atoms with van der Waals surface area (Å²) < 4.78 is 16.0. The van der Waals surface area contributed by atoms with Crippen LogP contribution in [0.4, 0.5) is 0 Å². The molecular formula is C27H32N4O4. The van der Waals surface area contributed by atoms with Crippen molar-refractivity contribution in [2.45, 2.75) is 19.8 Å². The molecule has 0 unspecified atom stereocenters. The van der Waals surface area contributed by atoms with Crippen molar-refractivity contribution in [3.63, 3.8) is 0 Å². The van der Waals surface area contributed by atoms with E-state index in [1.165, 1.54) is 5.56 Å². The van der Waals surface area contributed by atoms with Gasteiger partial charge in [0.25, 0.3) is 0 Å². The van der Waals surface area contributed by atoms with E-state index in [4.69, 9.17) is 14.0 Å². The van der Waals surface area contributed by atoms with Crippen molar-refractivity contribution in [2.75, 3.05) is 46.9 Å². The molecule has 0 atom stereocenters. The lowest BCUT2D eigenvalue weighted by atomic mass is 10.1. The van der Waals surface area contributed by atoms with E-state index in [1.54, 1.807) is 32.4 Å². The van der Waals surface area contributed by atoms with Crippen LogP contribution in [-0.4, -0.2) is 72.8 Å². The van der Waals surface area contributed by atoms with E-state index in [1.807, 2.05) is 41.3 Å². The lowest BCUT2D eigenvalue weighted by Crippen LogP contribution is -2.48. The zero-order chi connectivity index (χ0) is 24.6. The van der Waals surface area contributed by atoms with Crippen LogP contribution < -0.4 is 9.47 Å². The summed E-state index contributed by atoms with van der Waals surface area (Å²) in [7, 11) is 3.22. The van der Waals surface area contributed by atoms with Crippen molar-refractivity contribution in [2.24, 2.45) is 0 Å². The van der Waals surface area contributed by atoms with Crippen LogP contribution in [-0.2, 0) is 11.2 Å². The summed E-state index contributed by atoms with van der Waals surface area (Å²) in [5, 5.41) is 4.11. The van der Waals surface area contributed by atoms with Gasteiger partial charge in [0, 0.05) is 55.9 Å². The number of rotatable bonds is 9. The Kier molecular flexibility index (Phi) is 8.15. The predicted molar refractivity (Wildman–Crippen MR) is 134 cm³/mol. The normalized spacial score (nSPS) is 14.4. The van der Waals surface area contributed by atoms with Gasteiger partial charge in [0.05, 0.1) is 14.2 Å². The molecule has 1 saturated heterocycles. The number of piperazine rings is 1. The minimum atomic E-state index is 0.0111. The van der Waals surface area contributed by atoms with Gasteiger partial charge in [-0.05, 0) is 38.1 Å². The zero-order valence-corrected chi connectivity index (χ0v) is 20.6. The molecule has 1 aliphatic heterocycles. The molecule has 1 fully saturated rings. The summed E-state index contributed by atoms with van der Waals surface area (Å²) >= 11 is 0. The van der Waals surface area contributed by atoms with Crippen LogP contribution in [0.2, 0.25) is 0 Å². The van der Waals surface area contributed by atoms with E-state index in [-0.39, 0.29) is 5.91 Å². The second-order valence-electron chi connectivity index (χ2n) is 8.59. The number of benzene rings is 2. The Labute approximate surface area is 206 Å². The molecule has 1 aliphatic rings. The fraction of sp³-hybridized carbons (Fsp3) is 0.370. The number of carbonyl (C=O) groups excluding carboxylic acids is 1. The zero-order valence-electron chi connectivity index (χ0n) is 20.6. The highest BCUT2D eigenvalue weighted by Crippen LogP contribution is 2.25. The quantitative estimate of drug-likeness (QED) is 0.434. The molecule has 0 aliphatic carbocycles. The standard InChI is InChI=1S/C27H32N4O4/c1-20-6-8-22(9-7-20)27-28-25(35-29-27)5-4-14-30-15-17-31(18-16-30)26(32)13-11-21-10-12-23(33-2)19-24(21)34-3/h6-13,19H,4-5,14-18H2,1-3H3. The minimum Gasteiger partial charge on any atom is -0.497 e. The van der Waals surface area contributed by atoms with Gasteiger partial charge in [0.2, 0.25) is 17.6 Å². The van der Waals surface area contributed by atoms with Gasteiger partial charge >= 0.3 is 0 Å². The van der Waals surface area contributed by atoms with Crippen molar-refractivity contribution >= 4 is 12.0 Å². The Hall–Kier alpha value is -3.65. The fourth-order valence-corrected chi connectivity index (χ4v) is 4.04. The Morgan fingerprint density at radius 2 is 1.83 bits per heavy atom. The number of hydrogen-bond acceptors (Lipinski definition) is 7. The highest BCUT2D eigenvalue weighted by molar-refractivity contribution is 5.92. The first-order chi connectivity index (χ1) is 17.1. The van der Waals surface area contributed by atoms with Crippen molar-refractivity contribution in [1.82, 2.24) is 19.9 Å². The monoisotopic (exact) mass is 476 g/mol. The minimum absolute atomic E-state index is 0.0111. The van der Waals surface area contributed by atoms with Crippen LogP contribution in [0.25, 0.3) is 17.5 Å². The number of ether oxygens (including phenoxy) is 2. The maximum Gasteiger partial charge on any atom is 0.246 e. The van der Waals surface area contributed by atoms with Crippen LogP contribution in [0, 0.1) is 6.92 Å². The van der Waals surface area contributed by atoms with Gasteiger partial charge < -0.3 is 18.9 Å². The number of nitrogens with zero attached hydrogens (tertiary/aromatic N) is 4. The van der Waals surface area contributed by atoms with Gasteiger partial charge in [-0.25, -0.2) is 0 Å². The molecule has 1 amide bonds. The molecule has 1 aromatic heterocycles. The van der Waals surface area contributed by atoms with Crippen molar-refractivity contribution in [3.8, 4) is 22.9 Å². The number of amides is 1. The summed E-state index contributed by atoms with van der Waals surface area (Å²) in [6, 6.07) is 13.6. The predicted octanol–water partition coefficient (Wildman–Crippen LogP) is 3.85. The van der Waals surface area contributed by atoms with Gasteiger partial charge in [0.15, 0.2) is 0 Å². The summed E-state index contributed by atoms with van der Waals surface area (Å²) in [6.45, 7) is 6.11. The molecule has 0 bridgehead atoms. The number of hydrogen-bond donors (Lipinski definition) is 0. The third kappa shape index (κ3) is 6.48. The summed E-state index contributed by atoms with van der Waals surface area (Å²) in [5.41, 5.74) is 3.01. The van der Waals surface area contributed by atoms with E-state index < -0.39 is 0 Å². The maximum absolute atomic E-state index is 12.7. The summed E-state index contributed by atoms with van der Waals surface area (Å²) in [4.78, 5) is 21.4. The maximum atomic E-state index is 12.7. The molecule has 35 heavy (non-hydrogen) atoms. The van der Waals surface area contributed by atoms with Crippen LogP contribution >= 0.6 is 0 Å². The Morgan fingerprint density at radius 1 is 1.06 bits per heavy atom. The van der Waals surface area contributed by atoms with E-state index in [0.717, 1.165) is 43.6 Å². The van der Waals surface area contributed by atoms with Gasteiger partial charge in [-0.1, -0.05) is 35.0 Å². The Morgan fingerprint density at radius 3 is 2.54 bits per heavy atom. The number of aromatic nitrogens is 2. The van der Waals surface area contributed by atoms with E-state index in [0.29, 0.717) is 36.3 Å². The van der Waals surface area contributed by atoms with Crippen molar-refractivity contribution < 1.29 is 18.8 Å². The van der Waals surface area contributed by atoms with E-state index in [2.05, 4.69) is 22.0 Å². The number of aryl methyl sites for hydroxylation is 2. The van der Waals surface area contributed by atoms with Crippen LogP contribution in [0.5, 0.6) is 11.5 Å². The SMILES string of the molecule is COc1ccc(C=CC(=O)N2CCN(CCCc3nc(-c4ccc(C)cc4)no3)CC2)c(OC)c1. The first-order valence-corrected chi connectivity index (χ1v) is 11.9. The average molecular weight is 477 g/mol. The molecule has 0 N–H and O–H groups in total. The number of methoxy groups -OCH3 is 2. The molecule has 2 aromatic carbocycles. The summed E-state index contributed by atoms with van der Waals surface area (Å²) in [5.74, 6) is 2.69. The molecule has 3 aromatic rings. The van der Waals surface area contributed by atoms with Crippen LogP contribution in [0.3, 0.4) is 0 Å². The second-order valence-corrected chi connectivity index (χ2v) is 8.59. The largest absolute Gasteiger partial charge is 0.497 e. The first kappa shape index (κ1) is 24.5. The Balaban J connectivity index is 1.20. The van der Waals surface area contributed by atoms with Gasteiger partial charge in [-0.15, -0.1) is 0 Å². The lowest BCUT2D eigenvalue weighted by Gasteiger charge is -2.34. The van der Waals surface area contributed by atoms with Gasteiger partial charge in [-0.2, -0.15) is 4.98 Å². The number of carbonyl (C=O) groups is 1.